The molecule has 1 heterocycles. The van der Waals surface area contributed by atoms with E-state index >= 15 is 0 Å². The maximum Gasteiger partial charge on any atom is 0.329 e. The van der Waals surface area contributed by atoms with Crippen molar-refractivity contribution in [2.45, 2.75) is 44.9 Å². The Labute approximate surface area is 184 Å². The summed E-state index contributed by atoms with van der Waals surface area (Å²) < 4.78 is 0.705. The lowest BCUT2D eigenvalue weighted by Crippen LogP contribution is -2.64. The number of urea groups is 1. The average molecular weight is 472 g/mol. The lowest BCUT2D eigenvalue weighted by Gasteiger charge is -2.44. The van der Waals surface area contributed by atoms with E-state index in [1.807, 2.05) is 6.07 Å². The molecule has 30 heavy (non-hydrogen) atoms. The van der Waals surface area contributed by atoms with Gasteiger partial charge in [-0.05, 0) is 48.6 Å². The zero-order valence-corrected chi connectivity index (χ0v) is 18.6. The van der Waals surface area contributed by atoms with Gasteiger partial charge in [0, 0.05) is 21.8 Å². The van der Waals surface area contributed by atoms with Gasteiger partial charge in [-0.25, -0.2) is 4.79 Å². The monoisotopic (exact) mass is 471 g/mol. The Balaban J connectivity index is 1.80. The number of nitrogens with zero attached hydrogens (tertiary/aromatic N) is 1. The minimum Gasteiger partial charge on any atom is -0.359 e. The molecule has 0 radical (unpaired) electrons. The molecule has 0 bridgehead atoms. The van der Waals surface area contributed by atoms with E-state index in [9.17, 15) is 14.7 Å². The summed E-state index contributed by atoms with van der Waals surface area (Å²) >= 11 is 3.42. The number of carbonyl (C=O) groups is 2. The van der Waals surface area contributed by atoms with Crippen LogP contribution in [0.2, 0.25) is 0 Å². The molecule has 6 nitrogen and oxygen atoms in total. The SMILES string of the molecule is C[C@H]1[C@@H](NC(=O)[C@]2(O)c3cc(Br)ccc3NC(=O)N2c2ccccc2)CCC[C@@H]1C. The second-order valence-electron chi connectivity index (χ2n) is 8.31. The lowest BCUT2D eigenvalue weighted by molar-refractivity contribution is -0.141. The Morgan fingerprint density at radius 3 is 2.67 bits per heavy atom. The fourth-order valence-electron chi connectivity index (χ4n) is 4.51. The van der Waals surface area contributed by atoms with Gasteiger partial charge in [0.1, 0.15) is 0 Å². The summed E-state index contributed by atoms with van der Waals surface area (Å²) in [6.45, 7) is 4.32. The van der Waals surface area contributed by atoms with Gasteiger partial charge in [-0.2, -0.15) is 0 Å². The number of aliphatic hydroxyl groups is 1. The highest BCUT2D eigenvalue weighted by Crippen LogP contribution is 2.41. The van der Waals surface area contributed by atoms with Crippen LogP contribution in [-0.4, -0.2) is 23.1 Å². The van der Waals surface area contributed by atoms with E-state index in [0.29, 0.717) is 27.3 Å². The predicted octanol–water partition coefficient (Wildman–Crippen LogP) is 4.59. The quantitative estimate of drug-likeness (QED) is 0.612. The normalized spacial score (nSPS) is 28.5. The van der Waals surface area contributed by atoms with Gasteiger partial charge in [0.15, 0.2) is 0 Å². The van der Waals surface area contributed by atoms with Crippen LogP contribution in [0.1, 0.15) is 38.7 Å². The first-order valence-electron chi connectivity index (χ1n) is 10.3. The fourth-order valence-corrected chi connectivity index (χ4v) is 4.87. The number of rotatable bonds is 3. The highest BCUT2D eigenvalue weighted by Gasteiger charge is 2.52. The molecule has 0 unspecified atom stereocenters. The smallest absolute Gasteiger partial charge is 0.329 e. The second kappa shape index (κ2) is 8.04. The zero-order chi connectivity index (χ0) is 21.5. The van der Waals surface area contributed by atoms with Crippen LogP contribution in [0.25, 0.3) is 0 Å². The van der Waals surface area contributed by atoms with Gasteiger partial charge in [-0.15, -0.1) is 0 Å². The molecule has 2 aromatic carbocycles. The zero-order valence-electron chi connectivity index (χ0n) is 17.1. The van der Waals surface area contributed by atoms with Crippen LogP contribution in [-0.2, 0) is 10.5 Å². The number of hydrogen-bond acceptors (Lipinski definition) is 3. The van der Waals surface area contributed by atoms with Crippen molar-refractivity contribution < 1.29 is 14.7 Å². The minimum absolute atomic E-state index is 0.0523. The van der Waals surface area contributed by atoms with E-state index < -0.39 is 17.7 Å². The van der Waals surface area contributed by atoms with Gasteiger partial charge in [0.2, 0.25) is 0 Å². The van der Waals surface area contributed by atoms with E-state index in [4.69, 9.17) is 0 Å². The van der Waals surface area contributed by atoms with Gasteiger partial charge in [0.25, 0.3) is 11.6 Å². The Morgan fingerprint density at radius 1 is 1.20 bits per heavy atom. The average Bonchev–Trinajstić information content (AvgIpc) is 2.73. The van der Waals surface area contributed by atoms with E-state index in [2.05, 4.69) is 40.4 Å². The maximum atomic E-state index is 13.6. The van der Waals surface area contributed by atoms with Crippen molar-refractivity contribution in [2.24, 2.45) is 11.8 Å². The summed E-state index contributed by atoms with van der Waals surface area (Å²) in [5, 5.41) is 17.8. The van der Waals surface area contributed by atoms with Crippen LogP contribution in [0, 0.1) is 11.8 Å². The molecule has 0 saturated heterocycles. The molecule has 1 aliphatic carbocycles. The molecule has 1 fully saturated rings. The minimum atomic E-state index is -2.18. The number of fused-ring (bicyclic) bond motifs is 1. The number of anilines is 2. The van der Waals surface area contributed by atoms with Crippen molar-refractivity contribution in [1.82, 2.24) is 5.32 Å². The summed E-state index contributed by atoms with van der Waals surface area (Å²) in [6, 6.07) is 13.3. The molecule has 2 aliphatic rings. The van der Waals surface area contributed by atoms with Gasteiger partial charge >= 0.3 is 6.03 Å². The van der Waals surface area contributed by atoms with Gasteiger partial charge < -0.3 is 15.7 Å². The molecule has 0 aromatic heterocycles. The summed E-state index contributed by atoms with van der Waals surface area (Å²) in [4.78, 5) is 27.8. The first kappa shape index (κ1) is 20.9. The number of para-hydroxylation sites is 1. The number of benzene rings is 2. The van der Waals surface area contributed by atoms with Crippen molar-refractivity contribution in [3.05, 3.63) is 58.6 Å². The van der Waals surface area contributed by atoms with Crippen LogP contribution < -0.4 is 15.5 Å². The third kappa shape index (κ3) is 3.50. The standard InChI is InChI=1S/C23H26BrN3O3/c1-14-7-6-10-19(15(14)2)25-21(28)23(30)18-13-16(24)11-12-20(18)26-22(29)27(23)17-8-4-3-5-9-17/h3-5,8-9,11-15,19,30H,6-7,10H2,1-2H3,(H,25,28)(H,26,29)/t14-,15+,19-,23+/m0/s1. The van der Waals surface area contributed by atoms with E-state index in [1.54, 1.807) is 42.5 Å². The predicted molar refractivity (Wildman–Crippen MR) is 120 cm³/mol. The molecule has 158 valence electrons. The number of carbonyl (C=O) groups excluding carboxylic acids is 2. The van der Waals surface area contributed by atoms with E-state index in [0.717, 1.165) is 24.2 Å². The van der Waals surface area contributed by atoms with E-state index in [-0.39, 0.29) is 12.0 Å². The largest absolute Gasteiger partial charge is 0.359 e. The van der Waals surface area contributed by atoms with Crippen LogP contribution in [0.4, 0.5) is 16.2 Å². The van der Waals surface area contributed by atoms with Crippen LogP contribution >= 0.6 is 15.9 Å². The summed E-state index contributed by atoms with van der Waals surface area (Å²) in [5.41, 5.74) is -1.00. The number of amides is 3. The number of halogens is 1. The Kier molecular flexibility index (Phi) is 5.59. The van der Waals surface area contributed by atoms with Gasteiger partial charge in [-0.1, -0.05) is 60.8 Å². The highest BCUT2D eigenvalue weighted by molar-refractivity contribution is 9.10. The second-order valence-corrected chi connectivity index (χ2v) is 9.23. The Bertz CT molecular complexity index is 967. The van der Waals surface area contributed by atoms with Gasteiger partial charge in [-0.3, -0.25) is 9.69 Å². The van der Waals surface area contributed by atoms with Crippen LogP contribution in [0.15, 0.2) is 53.0 Å². The summed E-state index contributed by atoms with van der Waals surface area (Å²) in [5.74, 6) is 0.183. The summed E-state index contributed by atoms with van der Waals surface area (Å²) in [7, 11) is 0. The Hall–Kier alpha value is -2.38. The molecule has 0 spiro atoms. The van der Waals surface area contributed by atoms with Crippen LogP contribution in [0.5, 0.6) is 0 Å². The number of hydrogen-bond donors (Lipinski definition) is 3. The molecule has 7 heteroatoms. The van der Waals surface area contributed by atoms with E-state index in [1.165, 1.54) is 0 Å². The first-order chi connectivity index (χ1) is 14.3. The third-order valence-electron chi connectivity index (χ3n) is 6.48. The molecular formula is C23H26BrN3O3. The molecule has 3 N–H and O–H groups in total. The maximum absolute atomic E-state index is 13.6. The molecule has 3 amide bonds. The molecule has 4 atom stereocenters. The first-order valence-corrected chi connectivity index (χ1v) is 11.1. The fraction of sp³-hybridized carbons (Fsp3) is 0.391. The Morgan fingerprint density at radius 2 is 1.93 bits per heavy atom. The molecular weight excluding hydrogens is 446 g/mol. The van der Waals surface area contributed by atoms with Crippen molar-refractivity contribution in [3.8, 4) is 0 Å². The highest BCUT2D eigenvalue weighted by atomic mass is 79.9. The van der Waals surface area contributed by atoms with Crippen molar-refractivity contribution in [1.29, 1.82) is 0 Å². The van der Waals surface area contributed by atoms with Crippen LogP contribution in [0.3, 0.4) is 0 Å². The molecule has 1 aliphatic heterocycles. The van der Waals surface area contributed by atoms with Crippen molar-refractivity contribution >= 4 is 39.2 Å². The van der Waals surface area contributed by atoms with Crippen molar-refractivity contribution in [3.63, 3.8) is 0 Å². The summed E-state index contributed by atoms with van der Waals surface area (Å²) in [6.07, 6.45) is 3.02. The topological polar surface area (TPSA) is 81.7 Å². The third-order valence-corrected chi connectivity index (χ3v) is 6.97. The lowest BCUT2D eigenvalue weighted by atomic mass is 9.78. The van der Waals surface area contributed by atoms with Gasteiger partial charge in [0.05, 0.1) is 5.69 Å². The molecule has 1 saturated carbocycles. The molecule has 4 rings (SSSR count). The van der Waals surface area contributed by atoms with Crippen molar-refractivity contribution in [2.75, 3.05) is 10.2 Å². The number of nitrogens with one attached hydrogen (secondary N) is 2. The molecule has 2 aromatic rings.